The van der Waals surface area contributed by atoms with E-state index < -0.39 is 24.1 Å². The number of amides is 2. The van der Waals surface area contributed by atoms with Gasteiger partial charge in [-0.25, -0.2) is 9.69 Å². The molecule has 6 nitrogen and oxygen atoms in total. The van der Waals surface area contributed by atoms with Crippen molar-refractivity contribution in [2.75, 3.05) is 13.7 Å². The smallest absolute Gasteiger partial charge is 0.417 e. The van der Waals surface area contributed by atoms with Gasteiger partial charge in [-0.05, 0) is 6.92 Å². The molecule has 0 N–H and O–H groups in total. The number of cyclic esters (lactones) is 1. The largest absolute Gasteiger partial charge is 0.469 e. The summed E-state index contributed by atoms with van der Waals surface area (Å²) in [6.07, 6.45) is -1.95. The molecule has 0 aromatic heterocycles. The summed E-state index contributed by atoms with van der Waals surface area (Å²) in [5, 5.41) is 0. The average Bonchev–Trinajstić information content (AvgIpc) is 2.42. The van der Waals surface area contributed by atoms with Gasteiger partial charge in [0.15, 0.2) is 6.10 Å². The first-order valence-corrected chi connectivity index (χ1v) is 4.19. The van der Waals surface area contributed by atoms with Crippen LogP contribution < -0.4 is 0 Å². The highest BCUT2D eigenvalue weighted by molar-refractivity contribution is 6.01. The zero-order valence-electron chi connectivity index (χ0n) is 7.98. The summed E-state index contributed by atoms with van der Waals surface area (Å²) in [4.78, 5) is 34.2. The third kappa shape index (κ3) is 1.84. The van der Waals surface area contributed by atoms with E-state index in [-0.39, 0.29) is 13.0 Å². The van der Waals surface area contributed by atoms with Crippen molar-refractivity contribution in [1.29, 1.82) is 0 Å². The molecule has 0 saturated carbocycles. The van der Waals surface area contributed by atoms with Gasteiger partial charge in [0.05, 0.1) is 13.5 Å². The van der Waals surface area contributed by atoms with Crippen LogP contribution in [0.1, 0.15) is 13.3 Å². The van der Waals surface area contributed by atoms with Crippen LogP contribution in [-0.4, -0.2) is 42.6 Å². The zero-order valence-corrected chi connectivity index (χ0v) is 7.98. The van der Waals surface area contributed by atoms with Gasteiger partial charge in [0.25, 0.3) is 5.91 Å². The minimum atomic E-state index is -1.02. The quantitative estimate of drug-likeness (QED) is 0.597. The topological polar surface area (TPSA) is 72.9 Å². The molecule has 1 saturated heterocycles. The average molecular weight is 201 g/mol. The van der Waals surface area contributed by atoms with E-state index in [0.717, 1.165) is 4.90 Å². The van der Waals surface area contributed by atoms with Crippen molar-refractivity contribution in [2.24, 2.45) is 0 Å². The van der Waals surface area contributed by atoms with Crippen LogP contribution in [0.5, 0.6) is 0 Å². The number of methoxy groups -OCH3 is 1. The Kier molecular flexibility index (Phi) is 3.06. The molecule has 6 heteroatoms. The van der Waals surface area contributed by atoms with Crippen molar-refractivity contribution in [2.45, 2.75) is 19.4 Å². The summed E-state index contributed by atoms with van der Waals surface area (Å²) in [6.45, 7) is 1.90. The summed E-state index contributed by atoms with van der Waals surface area (Å²) in [5.41, 5.74) is 0. The molecule has 1 aliphatic rings. The third-order valence-corrected chi connectivity index (χ3v) is 1.90. The van der Waals surface area contributed by atoms with Crippen LogP contribution in [0.25, 0.3) is 0 Å². The highest BCUT2D eigenvalue weighted by Crippen LogP contribution is 2.15. The molecule has 0 unspecified atom stereocenters. The molecule has 1 rings (SSSR count). The number of imide groups is 1. The number of nitrogens with zero attached hydrogens (tertiary/aromatic N) is 1. The van der Waals surface area contributed by atoms with Gasteiger partial charge in [0, 0.05) is 6.54 Å². The van der Waals surface area contributed by atoms with E-state index >= 15 is 0 Å². The minimum absolute atomic E-state index is 0.225. The summed E-state index contributed by atoms with van der Waals surface area (Å²) in [7, 11) is 1.21. The van der Waals surface area contributed by atoms with Gasteiger partial charge >= 0.3 is 12.1 Å². The highest BCUT2D eigenvalue weighted by Gasteiger charge is 2.40. The molecule has 0 radical (unpaired) electrons. The third-order valence-electron chi connectivity index (χ3n) is 1.90. The number of carbonyl (C=O) groups excluding carboxylic acids is 3. The van der Waals surface area contributed by atoms with Gasteiger partial charge in [-0.2, -0.15) is 0 Å². The van der Waals surface area contributed by atoms with E-state index in [2.05, 4.69) is 9.47 Å². The lowest BCUT2D eigenvalue weighted by Gasteiger charge is -2.06. The maximum atomic E-state index is 11.4. The summed E-state index contributed by atoms with van der Waals surface area (Å²) < 4.78 is 9.05. The normalized spacial score (nSPS) is 21.0. The number of likely N-dealkylation sites (N-methyl/N-ethyl adjacent to an activating group) is 1. The Labute approximate surface area is 80.8 Å². The number of carbonyl (C=O) groups is 3. The van der Waals surface area contributed by atoms with Crippen molar-refractivity contribution in [1.82, 2.24) is 4.90 Å². The minimum Gasteiger partial charge on any atom is -0.469 e. The first-order chi connectivity index (χ1) is 6.60. The standard InChI is InChI=1S/C8H11NO5/c1-3-9-7(11)5(14-8(9)12)4-6(10)13-2/h5H,3-4H2,1-2H3/t5-/m0/s1. The fraction of sp³-hybridized carbons (Fsp3) is 0.625. The lowest BCUT2D eigenvalue weighted by molar-refractivity contribution is -0.145. The first kappa shape index (κ1) is 10.5. The van der Waals surface area contributed by atoms with Crippen LogP contribution in [0.4, 0.5) is 4.79 Å². The van der Waals surface area contributed by atoms with Crippen LogP contribution in [0.3, 0.4) is 0 Å². The van der Waals surface area contributed by atoms with Crippen LogP contribution in [0.15, 0.2) is 0 Å². The first-order valence-electron chi connectivity index (χ1n) is 4.19. The molecule has 2 amide bonds. The maximum Gasteiger partial charge on any atom is 0.417 e. The van der Waals surface area contributed by atoms with Crippen molar-refractivity contribution in [3.05, 3.63) is 0 Å². The molecule has 0 aromatic rings. The highest BCUT2D eigenvalue weighted by atomic mass is 16.6. The van der Waals surface area contributed by atoms with Gasteiger partial charge < -0.3 is 9.47 Å². The molecule has 1 fully saturated rings. The molecule has 1 aliphatic heterocycles. The number of esters is 1. The van der Waals surface area contributed by atoms with Crippen LogP contribution >= 0.6 is 0 Å². The molecule has 1 atom stereocenters. The van der Waals surface area contributed by atoms with E-state index in [1.807, 2.05) is 0 Å². The summed E-state index contributed by atoms with van der Waals surface area (Å²) in [5.74, 6) is -1.06. The van der Waals surface area contributed by atoms with Gasteiger partial charge in [-0.3, -0.25) is 9.59 Å². The molecule has 78 valence electrons. The molecule has 0 aliphatic carbocycles. The van der Waals surface area contributed by atoms with Crippen molar-refractivity contribution >= 4 is 18.0 Å². The molecule has 0 spiro atoms. The fourth-order valence-electron chi connectivity index (χ4n) is 1.15. The van der Waals surface area contributed by atoms with Crippen molar-refractivity contribution in [3.63, 3.8) is 0 Å². The predicted octanol–water partition coefficient (Wildman–Crippen LogP) is -0.0832. The fourth-order valence-corrected chi connectivity index (χ4v) is 1.15. The van der Waals surface area contributed by atoms with Crippen LogP contribution in [-0.2, 0) is 19.1 Å². The van der Waals surface area contributed by atoms with E-state index in [1.54, 1.807) is 6.92 Å². The van der Waals surface area contributed by atoms with Gasteiger partial charge in [-0.15, -0.1) is 0 Å². The Morgan fingerprint density at radius 3 is 2.64 bits per heavy atom. The zero-order chi connectivity index (χ0) is 10.7. The second kappa shape index (κ2) is 4.08. The van der Waals surface area contributed by atoms with Crippen molar-refractivity contribution < 1.29 is 23.9 Å². The van der Waals surface area contributed by atoms with E-state index in [9.17, 15) is 14.4 Å². The Hall–Kier alpha value is -1.59. The van der Waals surface area contributed by atoms with Gasteiger partial charge in [0.1, 0.15) is 0 Å². The Morgan fingerprint density at radius 2 is 2.21 bits per heavy atom. The number of hydrogen-bond acceptors (Lipinski definition) is 5. The number of rotatable bonds is 3. The number of hydrogen-bond donors (Lipinski definition) is 0. The second-order valence-corrected chi connectivity index (χ2v) is 2.74. The van der Waals surface area contributed by atoms with Crippen LogP contribution in [0, 0.1) is 0 Å². The molecule has 0 aromatic carbocycles. The Bertz CT molecular complexity index is 275. The van der Waals surface area contributed by atoms with Gasteiger partial charge in [0.2, 0.25) is 0 Å². The lowest BCUT2D eigenvalue weighted by atomic mass is 10.2. The monoisotopic (exact) mass is 201 g/mol. The number of ether oxygens (including phenoxy) is 2. The van der Waals surface area contributed by atoms with E-state index in [0.29, 0.717) is 0 Å². The SMILES string of the molecule is CCN1C(=O)O[C@@H](CC(=O)OC)C1=O. The molecule has 0 bridgehead atoms. The Morgan fingerprint density at radius 1 is 1.57 bits per heavy atom. The second-order valence-electron chi connectivity index (χ2n) is 2.74. The molecular weight excluding hydrogens is 190 g/mol. The summed E-state index contributed by atoms with van der Waals surface area (Å²) in [6, 6.07) is 0. The van der Waals surface area contributed by atoms with Gasteiger partial charge in [-0.1, -0.05) is 0 Å². The van der Waals surface area contributed by atoms with Crippen molar-refractivity contribution in [3.8, 4) is 0 Å². The maximum absolute atomic E-state index is 11.4. The predicted molar refractivity (Wildman–Crippen MR) is 44.3 cm³/mol. The van der Waals surface area contributed by atoms with E-state index in [1.165, 1.54) is 7.11 Å². The lowest BCUT2D eigenvalue weighted by Crippen LogP contribution is -2.32. The van der Waals surface area contributed by atoms with Crippen LogP contribution in [0.2, 0.25) is 0 Å². The van der Waals surface area contributed by atoms with E-state index in [4.69, 9.17) is 0 Å². The molecule has 1 heterocycles. The summed E-state index contributed by atoms with van der Waals surface area (Å²) >= 11 is 0. The molecular formula is C8H11NO5. The Balaban J connectivity index is 2.62. The molecule has 14 heavy (non-hydrogen) atoms.